The highest BCUT2D eigenvalue weighted by atomic mass is 16.3. The second-order valence-corrected chi connectivity index (χ2v) is 4.78. The van der Waals surface area contributed by atoms with E-state index in [1.54, 1.807) is 0 Å². The number of nitrogens with one attached hydrogen (secondary N) is 1. The molecule has 2 heterocycles. The summed E-state index contributed by atoms with van der Waals surface area (Å²) in [5.74, 6) is 2.49. The monoisotopic (exact) mass is 290 g/mol. The number of aliphatic hydroxyl groups is 1. The number of amides is 1. The normalized spacial score (nSPS) is 14.7. The van der Waals surface area contributed by atoms with E-state index >= 15 is 0 Å². The first-order valence-electron chi connectivity index (χ1n) is 6.70. The van der Waals surface area contributed by atoms with E-state index in [1.165, 1.54) is 10.9 Å². The van der Waals surface area contributed by atoms with Crippen molar-refractivity contribution < 1.29 is 9.90 Å². The van der Waals surface area contributed by atoms with Gasteiger partial charge in [0, 0.05) is 25.8 Å². The van der Waals surface area contributed by atoms with Crippen LogP contribution in [0.25, 0.3) is 0 Å². The van der Waals surface area contributed by atoms with Gasteiger partial charge < -0.3 is 16.2 Å². The number of carbonyl (C=O) groups excluding carboxylic acids is 1. The Morgan fingerprint density at radius 3 is 2.90 bits per heavy atom. The zero-order valence-electron chi connectivity index (χ0n) is 11.6. The third-order valence-corrected chi connectivity index (χ3v) is 3.30. The molecule has 8 heteroatoms. The molecule has 112 valence electrons. The molecule has 0 saturated heterocycles. The van der Waals surface area contributed by atoms with E-state index in [9.17, 15) is 4.79 Å². The van der Waals surface area contributed by atoms with Crippen LogP contribution in [-0.2, 0) is 6.54 Å². The summed E-state index contributed by atoms with van der Waals surface area (Å²) < 4.78 is 1.38. The van der Waals surface area contributed by atoms with Crippen molar-refractivity contribution in [1.29, 1.82) is 0 Å². The predicted molar refractivity (Wildman–Crippen MR) is 76.3 cm³/mol. The van der Waals surface area contributed by atoms with Crippen molar-refractivity contribution >= 4 is 11.7 Å². The predicted octanol–water partition coefficient (Wildman–Crippen LogP) is 0.153. The highest BCUT2D eigenvalue weighted by Crippen LogP contribution is 2.36. The van der Waals surface area contributed by atoms with E-state index in [0.717, 1.165) is 0 Å². The largest absolute Gasteiger partial charge is 0.394 e. The summed E-state index contributed by atoms with van der Waals surface area (Å²) in [7, 11) is 0. The van der Waals surface area contributed by atoms with Crippen LogP contribution in [0.3, 0.4) is 0 Å². The SMILES string of the molecule is C#CCCC1(CCNC(=O)c2cnn(CCO)c2N)N=N1. The molecular formula is C13H18N6O2. The van der Waals surface area contributed by atoms with Crippen LogP contribution < -0.4 is 11.1 Å². The molecule has 8 nitrogen and oxygen atoms in total. The molecule has 21 heavy (non-hydrogen) atoms. The van der Waals surface area contributed by atoms with E-state index in [4.69, 9.17) is 17.3 Å². The summed E-state index contributed by atoms with van der Waals surface area (Å²) in [4.78, 5) is 12.0. The number of anilines is 1. The Balaban J connectivity index is 1.81. The fraction of sp³-hybridized carbons (Fsp3) is 0.538. The number of nitrogens with zero attached hydrogens (tertiary/aromatic N) is 4. The van der Waals surface area contributed by atoms with Gasteiger partial charge in [-0.05, 0) is 0 Å². The topological polar surface area (TPSA) is 118 Å². The van der Waals surface area contributed by atoms with Crippen LogP contribution in [0, 0.1) is 12.3 Å². The molecule has 0 aromatic carbocycles. The summed E-state index contributed by atoms with van der Waals surface area (Å²) in [5.41, 5.74) is 5.68. The van der Waals surface area contributed by atoms with E-state index in [0.29, 0.717) is 31.4 Å². The molecule has 0 aliphatic carbocycles. The first-order valence-corrected chi connectivity index (χ1v) is 6.70. The molecule has 1 aliphatic heterocycles. The van der Waals surface area contributed by atoms with Crippen LogP contribution >= 0.6 is 0 Å². The molecule has 2 rings (SSSR count). The summed E-state index contributed by atoms with van der Waals surface area (Å²) >= 11 is 0. The smallest absolute Gasteiger partial charge is 0.256 e. The summed E-state index contributed by atoms with van der Waals surface area (Å²) in [6.45, 7) is 0.598. The van der Waals surface area contributed by atoms with E-state index in [2.05, 4.69) is 26.6 Å². The maximum atomic E-state index is 12.0. The zero-order chi connectivity index (χ0) is 15.3. The van der Waals surface area contributed by atoms with Gasteiger partial charge in [0.25, 0.3) is 5.91 Å². The fourth-order valence-corrected chi connectivity index (χ4v) is 1.98. The van der Waals surface area contributed by atoms with Crippen molar-refractivity contribution in [3.63, 3.8) is 0 Å². The molecule has 0 unspecified atom stereocenters. The number of nitrogen functional groups attached to an aromatic ring is 1. The number of aliphatic hydroxyl groups excluding tert-OH is 1. The van der Waals surface area contributed by atoms with Crippen molar-refractivity contribution in [1.82, 2.24) is 15.1 Å². The van der Waals surface area contributed by atoms with E-state index < -0.39 is 5.66 Å². The van der Waals surface area contributed by atoms with Gasteiger partial charge in [-0.15, -0.1) is 12.3 Å². The van der Waals surface area contributed by atoms with Gasteiger partial charge in [0.15, 0.2) is 5.66 Å². The molecule has 1 aliphatic rings. The van der Waals surface area contributed by atoms with Crippen molar-refractivity contribution in [3.05, 3.63) is 11.8 Å². The molecule has 0 spiro atoms. The van der Waals surface area contributed by atoms with Gasteiger partial charge in [0.05, 0.1) is 19.3 Å². The molecule has 1 aromatic rings. The minimum atomic E-state index is -0.410. The minimum absolute atomic E-state index is 0.0896. The van der Waals surface area contributed by atoms with Crippen molar-refractivity contribution in [2.24, 2.45) is 10.2 Å². The van der Waals surface area contributed by atoms with Crippen LogP contribution in [0.5, 0.6) is 0 Å². The van der Waals surface area contributed by atoms with Crippen molar-refractivity contribution in [2.45, 2.75) is 31.5 Å². The third-order valence-electron chi connectivity index (χ3n) is 3.30. The number of hydrogen-bond donors (Lipinski definition) is 3. The molecule has 0 fully saturated rings. The van der Waals surface area contributed by atoms with Crippen molar-refractivity contribution in [2.75, 3.05) is 18.9 Å². The molecule has 1 aromatic heterocycles. The maximum Gasteiger partial charge on any atom is 0.256 e. The van der Waals surface area contributed by atoms with Crippen molar-refractivity contribution in [3.8, 4) is 12.3 Å². The standard InChI is InChI=1S/C13H18N6O2/c1-2-3-4-13(17-18-13)5-6-15-12(21)10-9-16-19(7-8-20)11(10)14/h1,9,20H,3-8,14H2,(H,15,21). The number of carbonyl (C=O) groups is 1. The highest BCUT2D eigenvalue weighted by Gasteiger charge is 2.38. The molecule has 0 atom stereocenters. The van der Waals surface area contributed by atoms with Gasteiger partial charge in [-0.2, -0.15) is 15.3 Å². The van der Waals surface area contributed by atoms with Gasteiger partial charge >= 0.3 is 0 Å². The molecular weight excluding hydrogens is 272 g/mol. The Morgan fingerprint density at radius 2 is 2.29 bits per heavy atom. The summed E-state index contributed by atoms with van der Waals surface area (Å²) in [6, 6.07) is 0. The molecule has 4 N–H and O–H groups in total. The van der Waals surface area contributed by atoms with Gasteiger partial charge in [0.1, 0.15) is 11.4 Å². The Bertz CT molecular complexity index is 580. The van der Waals surface area contributed by atoms with Gasteiger partial charge in [0.2, 0.25) is 0 Å². The Labute approximate surface area is 122 Å². The lowest BCUT2D eigenvalue weighted by atomic mass is 10.0. The van der Waals surface area contributed by atoms with Gasteiger partial charge in [-0.25, -0.2) is 4.68 Å². The average Bonchev–Trinajstić information content (AvgIpc) is 3.15. The Hall–Kier alpha value is -2.40. The van der Waals surface area contributed by atoms with Crippen LogP contribution in [-0.4, -0.2) is 39.6 Å². The molecule has 0 bridgehead atoms. The van der Waals surface area contributed by atoms with E-state index in [1.807, 2.05) is 0 Å². The number of hydrogen-bond acceptors (Lipinski definition) is 6. The van der Waals surface area contributed by atoms with E-state index in [-0.39, 0.29) is 24.9 Å². The second kappa shape index (κ2) is 6.37. The molecule has 1 amide bonds. The number of aromatic nitrogens is 2. The minimum Gasteiger partial charge on any atom is -0.394 e. The number of nitrogens with two attached hydrogens (primary N) is 1. The summed E-state index contributed by atoms with van der Waals surface area (Å²) in [6.07, 6.45) is 8.54. The first kappa shape index (κ1) is 15.0. The van der Waals surface area contributed by atoms with Crippen LogP contribution in [0.1, 0.15) is 29.6 Å². The van der Waals surface area contributed by atoms with Crippen LogP contribution in [0.4, 0.5) is 5.82 Å². The van der Waals surface area contributed by atoms with Crippen LogP contribution in [0.15, 0.2) is 16.4 Å². The Kier molecular flexibility index (Phi) is 4.55. The van der Waals surface area contributed by atoms with Gasteiger partial charge in [-0.3, -0.25) is 4.79 Å². The quantitative estimate of drug-likeness (QED) is 0.591. The molecule has 0 saturated carbocycles. The third kappa shape index (κ3) is 3.58. The lowest BCUT2D eigenvalue weighted by molar-refractivity contribution is 0.0952. The summed E-state index contributed by atoms with van der Waals surface area (Å²) in [5, 5.41) is 23.6. The zero-order valence-corrected chi connectivity index (χ0v) is 11.6. The lowest BCUT2D eigenvalue weighted by Gasteiger charge is -2.09. The van der Waals surface area contributed by atoms with Gasteiger partial charge in [-0.1, -0.05) is 0 Å². The Morgan fingerprint density at radius 1 is 1.52 bits per heavy atom. The fourth-order valence-electron chi connectivity index (χ4n) is 1.98. The molecule has 0 radical (unpaired) electrons. The maximum absolute atomic E-state index is 12.0. The highest BCUT2D eigenvalue weighted by molar-refractivity contribution is 5.98. The first-order chi connectivity index (χ1) is 10.1. The number of rotatable bonds is 8. The average molecular weight is 290 g/mol. The van der Waals surface area contributed by atoms with Crippen LogP contribution in [0.2, 0.25) is 0 Å². The number of terminal acetylenes is 1. The lowest BCUT2D eigenvalue weighted by Crippen LogP contribution is -2.28. The second-order valence-electron chi connectivity index (χ2n) is 4.78.